The molecule has 1 aromatic carbocycles. The van der Waals surface area contributed by atoms with Crippen molar-refractivity contribution in [2.45, 2.75) is 0 Å². The lowest BCUT2D eigenvalue weighted by Crippen LogP contribution is -1.93. The first-order chi connectivity index (χ1) is 4.79. The van der Waals surface area contributed by atoms with Crippen molar-refractivity contribution in [2.75, 3.05) is 4.72 Å². The fraction of sp³-hybridized carbons (Fsp3) is 0. The number of benzene rings is 1. The van der Waals surface area contributed by atoms with E-state index in [0.29, 0.717) is 5.69 Å². The van der Waals surface area contributed by atoms with Gasteiger partial charge in [0, 0.05) is 5.69 Å². The van der Waals surface area contributed by atoms with Gasteiger partial charge in [-0.25, -0.2) is 8.42 Å². The van der Waals surface area contributed by atoms with Crippen LogP contribution in [0, 0.1) is 0 Å². The second-order valence-electron chi connectivity index (χ2n) is 1.73. The first-order valence-corrected chi connectivity index (χ1v) is 3.93. The number of rotatable bonds is 2. The van der Waals surface area contributed by atoms with E-state index in [1.54, 1.807) is 24.3 Å². The largest absolute Gasteiger partial charge is 0.344 e. The Morgan fingerprint density at radius 2 is 1.64 bits per heavy atom. The molecule has 0 radical (unpaired) electrons. The SMILES string of the molecule is N.O=[SH](=O)Nc1ccccc1. The van der Waals surface area contributed by atoms with Gasteiger partial charge in [-0.15, -0.1) is 0 Å². The summed E-state index contributed by atoms with van der Waals surface area (Å²) in [5.41, 5.74) is 0.596. The number of hydrogen-bond donors (Lipinski definition) is 3. The summed E-state index contributed by atoms with van der Waals surface area (Å²) in [5.74, 6) is 0. The monoisotopic (exact) mass is 174 g/mol. The van der Waals surface area contributed by atoms with E-state index in [0.717, 1.165) is 0 Å². The van der Waals surface area contributed by atoms with Crippen LogP contribution in [0.2, 0.25) is 0 Å². The second-order valence-corrected chi connectivity index (χ2v) is 2.47. The van der Waals surface area contributed by atoms with Crippen LogP contribution in [0.1, 0.15) is 0 Å². The van der Waals surface area contributed by atoms with Crippen molar-refractivity contribution < 1.29 is 8.42 Å². The molecule has 0 saturated carbocycles. The zero-order valence-electron chi connectivity index (χ0n) is 5.86. The molecule has 5 heteroatoms. The highest BCUT2D eigenvalue weighted by Crippen LogP contribution is 2.03. The number of nitrogens with one attached hydrogen (secondary N) is 1. The third-order valence-corrected chi connectivity index (χ3v) is 1.43. The molecule has 4 nitrogen and oxygen atoms in total. The van der Waals surface area contributed by atoms with Crippen LogP contribution in [-0.2, 0) is 10.9 Å². The van der Waals surface area contributed by atoms with Gasteiger partial charge < -0.3 is 6.15 Å². The van der Waals surface area contributed by atoms with E-state index >= 15 is 0 Å². The first kappa shape index (κ1) is 9.93. The van der Waals surface area contributed by atoms with Gasteiger partial charge in [-0.2, -0.15) is 0 Å². The summed E-state index contributed by atoms with van der Waals surface area (Å²) in [5, 5.41) is 0. The van der Waals surface area contributed by atoms with Gasteiger partial charge in [0.1, 0.15) is 0 Å². The number of anilines is 1. The Morgan fingerprint density at radius 1 is 1.09 bits per heavy atom. The third kappa shape index (κ3) is 3.59. The summed E-state index contributed by atoms with van der Waals surface area (Å²) in [6.07, 6.45) is 0. The van der Waals surface area contributed by atoms with E-state index in [1.165, 1.54) is 0 Å². The molecule has 0 fully saturated rings. The molecule has 1 aromatic rings. The van der Waals surface area contributed by atoms with Gasteiger partial charge in [-0.1, -0.05) is 18.2 Å². The lowest BCUT2D eigenvalue weighted by molar-refractivity contribution is 0.619. The smallest absolute Gasteiger partial charge is 0.222 e. The maximum Gasteiger partial charge on any atom is 0.222 e. The number of hydrogen-bond acceptors (Lipinski definition) is 3. The molecule has 0 unspecified atom stereocenters. The Balaban J connectivity index is 0.000001000. The highest BCUT2D eigenvalue weighted by molar-refractivity contribution is 7.73. The van der Waals surface area contributed by atoms with E-state index in [2.05, 4.69) is 4.72 Å². The molecule has 4 N–H and O–H groups in total. The predicted molar refractivity (Wildman–Crippen MR) is 45.4 cm³/mol. The minimum atomic E-state index is -2.53. The minimum absolute atomic E-state index is 0. The molecule has 0 heterocycles. The third-order valence-electron chi connectivity index (χ3n) is 0.994. The van der Waals surface area contributed by atoms with Crippen LogP contribution in [0.25, 0.3) is 0 Å². The molecular weight excluding hydrogens is 164 g/mol. The Bertz CT molecular complexity index is 263. The van der Waals surface area contributed by atoms with Gasteiger partial charge in [-0.05, 0) is 12.1 Å². The lowest BCUT2D eigenvalue weighted by atomic mass is 10.3. The van der Waals surface area contributed by atoms with Crippen molar-refractivity contribution in [2.24, 2.45) is 0 Å². The van der Waals surface area contributed by atoms with Crippen LogP contribution in [0.5, 0.6) is 0 Å². The summed E-state index contributed by atoms with van der Waals surface area (Å²) in [6, 6.07) is 8.72. The van der Waals surface area contributed by atoms with E-state index in [1.807, 2.05) is 6.07 Å². The summed E-state index contributed by atoms with van der Waals surface area (Å²) in [4.78, 5) is 0. The van der Waals surface area contributed by atoms with E-state index in [-0.39, 0.29) is 6.15 Å². The van der Waals surface area contributed by atoms with Crippen molar-refractivity contribution in [1.82, 2.24) is 6.15 Å². The number of thiol groups is 1. The lowest BCUT2D eigenvalue weighted by Gasteiger charge is -1.94. The molecule has 11 heavy (non-hydrogen) atoms. The van der Waals surface area contributed by atoms with E-state index < -0.39 is 10.9 Å². The normalized spacial score (nSPS) is 8.82. The van der Waals surface area contributed by atoms with Crippen molar-refractivity contribution in [3.05, 3.63) is 30.3 Å². The van der Waals surface area contributed by atoms with Gasteiger partial charge in [0.05, 0.1) is 0 Å². The molecule has 1 rings (SSSR count). The standard InChI is InChI=1S/C6H7NO2S.H3N/c8-10(9)7-6-4-2-1-3-5-6;/h1-5,10H,(H,7,8,9);1H3. The molecule has 0 aromatic heterocycles. The maximum absolute atomic E-state index is 10.1. The van der Waals surface area contributed by atoms with Crippen LogP contribution in [0.4, 0.5) is 5.69 Å². The van der Waals surface area contributed by atoms with E-state index in [4.69, 9.17) is 0 Å². The van der Waals surface area contributed by atoms with Crippen molar-refractivity contribution >= 4 is 16.6 Å². The quantitative estimate of drug-likeness (QED) is 0.580. The minimum Gasteiger partial charge on any atom is -0.344 e. The first-order valence-electron chi connectivity index (χ1n) is 2.75. The summed E-state index contributed by atoms with van der Waals surface area (Å²) in [6.45, 7) is 0. The highest BCUT2D eigenvalue weighted by atomic mass is 32.2. The van der Waals surface area contributed by atoms with Gasteiger partial charge in [0.25, 0.3) is 0 Å². The fourth-order valence-electron chi connectivity index (χ4n) is 0.618. The molecular formula is C6H10N2O2S. The highest BCUT2D eigenvalue weighted by Gasteiger charge is 1.85. The van der Waals surface area contributed by atoms with Gasteiger partial charge in [0.15, 0.2) is 0 Å². The van der Waals surface area contributed by atoms with Crippen LogP contribution >= 0.6 is 0 Å². The Labute approximate surface area is 66.9 Å². The summed E-state index contributed by atoms with van der Waals surface area (Å²) < 4.78 is 22.4. The predicted octanol–water partition coefficient (Wildman–Crippen LogP) is 0.787. The summed E-state index contributed by atoms with van der Waals surface area (Å²) >= 11 is 0. The van der Waals surface area contributed by atoms with Gasteiger partial charge in [-0.3, -0.25) is 4.72 Å². The zero-order chi connectivity index (χ0) is 7.40. The Hall–Kier alpha value is -1.07. The van der Waals surface area contributed by atoms with Crippen LogP contribution in [0.15, 0.2) is 30.3 Å². The maximum atomic E-state index is 10.1. The zero-order valence-corrected chi connectivity index (χ0v) is 6.75. The van der Waals surface area contributed by atoms with Crippen molar-refractivity contribution in [1.29, 1.82) is 0 Å². The molecule has 0 bridgehead atoms. The van der Waals surface area contributed by atoms with Crippen LogP contribution in [0.3, 0.4) is 0 Å². The second kappa shape index (κ2) is 4.70. The molecule has 62 valence electrons. The summed E-state index contributed by atoms with van der Waals surface area (Å²) in [7, 11) is -2.53. The molecule has 0 aliphatic heterocycles. The molecule has 0 spiro atoms. The van der Waals surface area contributed by atoms with Crippen molar-refractivity contribution in [3.8, 4) is 0 Å². The Morgan fingerprint density at radius 3 is 2.09 bits per heavy atom. The Kier molecular flexibility index (Phi) is 4.24. The average Bonchev–Trinajstić information content (AvgIpc) is 1.88. The molecule has 0 aliphatic rings. The molecule has 0 amide bonds. The van der Waals surface area contributed by atoms with Crippen LogP contribution < -0.4 is 10.9 Å². The van der Waals surface area contributed by atoms with E-state index in [9.17, 15) is 8.42 Å². The average molecular weight is 174 g/mol. The topological polar surface area (TPSA) is 81.2 Å². The van der Waals surface area contributed by atoms with Gasteiger partial charge in [0.2, 0.25) is 10.9 Å². The number of para-hydroxylation sites is 1. The fourth-order valence-corrected chi connectivity index (χ4v) is 0.978. The molecule has 0 atom stereocenters. The molecule has 0 saturated heterocycles. The van der Waals surface area contributed by atoms with Crippen molar-refractivity contribution in [3.63, 3.8) is 0 Å². The molecule has 0 aliphatic carbocycles. The van der Waals surface area contributed by atoms with Gasteiger partial charge >= 0.3 is 0 Å². The van der Waals surface area contributed by atoms with Crippen LogP contribution in [-0.4, -0.2) is 8.42 Å².